The summed E-state index contributed by atoms with van der Waals surface area (Å²) in [4.78, 5) is 12.2. The average Bonchev–Trinajstić information content (AvgIpc) is 2.54. The van der Waals surface area contributed by atoms with Crippen molar-refractivity contribution in [1.82, 2.24) is 5.32 Å². The SMILES string of the molecule is CC(O)(CNC(=O)c1cccc(CC#N)c1)C1CCCCC1. The highest BCUT2D eigenvalue weighted by molar-refractivity contribution is 5.94. The molecule has 1 aliphatic carbocycles. The Bertz CT molecular complexity index is 554. The number of hydrogen-bond acceptors (Lipinski definition) is 3. The van der Waals surface area contributed by atoms with Gasteiger partial charge in [0.15, 0.2) is 0 Å². The number of rotatable bonds is 5. The molecule has 4 nitrogen and oxygen atoms in total. The van der Waals surface area contributed by atoms with E-state index in [9.17, 15) is 9.90 Å². The van der Waals surface area contributed by atoms with Crippen molar-refractivity contribution in [3.63, 3.8) is 0 Å². The lowest BCUT2D eigenvalue weighted by Crippen LogP contribution is -2.46. The van der Waals surface area contributed by atoms with Crippen LogP contribution in [0.1, 0.15) is 54.9 Å². The van der Waals surface area contributed by atoms with Gasteiger partial charge in [-0.3, -0.25) is 4.79 Å². The van der Waals surface area contributed by atoms with Gasteiger partial charge in [-0.25, -0.2) is 0 Å². The number of hydrogen-bond donors (Lipinski definition) is 2. The van der Waals surface area contributed by atoms with E-state index in [4.69, 9.17) is 5.26 Å². The van der Waals surface area contributed by atoms with E-state index >= 15 is 0 Å². The molecular formula is C18H24N2O2. The minimum absolute atomic E-state index is 0.198. The second-order valence-corrected chi connectivity index (χ2v) is 6.41. The van der Waals surface area contributed by atoms with E-state index in [1.807, 2.05) is 13.0 Å². The lowest BCUT2D eigenvalue weighted by Gasteiger charge is -2.35. The van der Waals surface area contributed by atoms with Crippen molar-refractivity contribution in [2.24, 2.45) is 5.92 Å². The van der Waals surface area contributed by atoms with Gasteiger partial charge in [-0.15, -0.1) is 0 Å². The summed E-state index contributed by atoms with van der Waals surface area (Å²) in [5.41, 5.74) is 0.502. The van der Waals surface area contributed by atoms with Gasteiger partial charge in [-0.1, -0.05) is 31.4 Å². The monoisotopic (exact) mass is 300 g/mol. The van der Waals surface area contributed by atoms with Gasteiger partial charge >= 0.3 is 0 Å². The smallest absolute Gasteiger partial charge is 0.251 e. The normalized spacial score (nSPS) is 18.2. The maximum Gasteiger partial charge on any atom is 0.251 e. The summed E-state index contributed by atoms with van der Waals surface area (Å²) < 4.78 is 0. The van der Waals surface area contributed by atoms with Crippen LogP contribution >= 0.6 is 0 Å². The van der Waals surface area contributed by atoms with Crippen LogP contribution in [0.15, 0.2) is 24.3 Å². The molecule has 22 heavy (non-hydrogen) atoms. The zero-order valence-corrected chi connectivity index (χ0v) is 13.1. The topological polar surface area (TPSA) is 73.1 Å². The highest BCUT2D eigenvalue weighted by atomic mass is 16.3. The number of carbonyl (C=O) groups is 1. The first-order valence-corrected chi connectivity index (χ1v) is 7.99. The summed E-state index contributed by atoms with van der Waals surface area (Å²) in [7, 11) is 0. The van der Waals surface area contributed by atoms with Gasteiger partial charge in [0.2, 0.25) is 0 Å². The van der Waals surface area contributed by atoms with Gasteiger partial charge in [0.1, 0.15) is 0 Å². The number of amides is 1. The number of carbonyl (C=O) groups excluding carboxylic acids is 1. The fourth-order valence-electron chi connectivity index (χ4n) is 3.14. The molecule has 0 heterocycles. The van der Waals surface area contributed by atoms with Gasteiger partial charge in [0.25, 0.3) is 5.91 Å². The molecule has 1 aromatic carbocycles. The van der Waals surface area contributed by atoms with Crippen LogP contribution in [0.3, 0.4) is 0 Å². The molecule has 1 saturated carbocycles. The third-order valence-corrected chi connectivity index (χ3v) is 4.56. The second kappa shape index (κ2) is 7.42. The molecule has 0 aromatic heterocycles. The Balaban J connectivity index is 1.94. The number of aliphatic hydroxyl groups is 1. The fourth-order valence-corrected chi connectivity index (χ4v) is 3.14. The quantitative estimate of drug-likeness (QED) is 0.878. The van der Waals surface area contributed by atoms with Crippen molar-refractivity contribution in [2.45, 2.75) is 51.0 Å². The van der Waals surface area contributed by atoms with Crippen LogP contribution in [-0.2, 0) is 6.42 Å². The van der Waals surface area contributed by atoms with Crippen molar-refractivity contribution in [1.29, 1.82) is 5.26 Å². The summed E-state index contributed by atoms with van der Waals surface area (Å²) >= 11 is 0. The first-order chi connectivity index (χ1) is 10.5. The molecular weight excluding hydrogens is 276 g/mol. The molecule has 0 aliphatic heterocycles. The van der Waals surface area contributed by atoms with E-state index in [2.05, 4.69) is 11.4 Å². The highest BCUT2D eigenvalue weighted by Gasteiger charge is 2.33. The standard InChI is InChI=1S/C18H24N2O2/c1-18(22,16-8-3-2-4-9-16)13-20-17(21)15-7-5-6-14(12-15)10-11-19/h5-7,12,16,22H,2-4,8-10,13H2,1H3,(H,20,21). The molecule has 0 radical (unpaired) electrons. The molecule has 4 heteroatoms. The second-order valence-electron chi connectivity index (χ2n) is 6.41. The van der Waals surface area contributed by atoms with Crippen molar-refractivity contribution in [3.05, 3.63) is 35.4 Å². The predicted octanol–water partition coefficient (Wildman–Crippen LogP) is 2.81. The average molecular weight is 300 g/mol. The molecule has 1 aromatic rings. The number of nitrogens with one attached hydrogen (secondary N) is 1. The molecule has 1 amide bonds. The van der Waals surface area contributed by atoms with Crippen LogP contribution in [0.4, 0.5) is 0 Å². The molecule has 1 fully saturated rings. The Morgan fingerprint density at radius 2 is 2.14 bits per heavy atom. The molecule has 2 N–H and O–H groups in total. The summed E-state index contributed by atoms with van der Waals surface area (Å²) in [5.74, 6) is 0.0577. The molecule has 2 rings (SSSR count). The van der Waals surface area contributed by atoms with Crippen LogP contribution in [0.2, 0.25) is 0 Å². The Labute approximate surface area is 132 Å². The van der Waals surface area contributed by atoms with Crippen LogP contribution in [0.25, 0.3) is 0 Å². The Morgan fingerprint density at radius 1 is 1.41 bits per heavy atom. The minimum atomic E-state index is -0.861. The predicted molar refractivity (Wildman–Crippen MR) is 85.3 cm³/mol. The van der Waals surface area contributed by atoms with Crippen molar-refractivity contribution >= 4 is 5.91 Å². The summed E-state index contributed by atoms with van der Waals surface area (Å²) in [6.07, 6.45) is 5.91. The van der Waals surface area contributed by atoms with Crippen LogP contribution in [0.5, 0.6) is 0 Å². The van der Waals surface area contributed by atoms with E-state index in [1.54, 1.807) is 18.2 Å². The first kappa shape index (κ1) is 16.5. The molecule has 1 atom stereocenters. The van der Waals surface area contributed by atoms with Crippen LogP contribution in [-0.4, -0.2) is 23.2 Å². The lowest BCUT2D eigenvalue weighted by atomic mass is 9.78. The van der Waals surface area contributed by atoms with Gasteiger partial charge < -0.3 is 10.4 Å². The maximum atomic E-state index is 12.2. The first-order valence-electron chi connectivity index (χ1n) is 7.99. The number of nitrogens with zero attached hydrogens (tertiary/aromatic N) is 1. The van der Waals surface area contributed by atoms with Crippen molar-refractivity contribution in [2.75, 3.05) is 6.54 Å². The van der Waals surface area contributed by atoms with E-state index in [0.717, 1.165) is 31.2 Å². The molecule has 0 bridgehead atoms. The Hall–Kier alpha value is -1.86. The van der Waals surface area contributed by atoms with Crippen LogP contribution < -0.4 is 5.32 Å². The maximum absolute atomic E-state index is 12.2. The summed E-state index contributed by atoms with van der Waals surface area (Å²) in [6, 6.07) is 9.15. The van der Waals surface area contributed by atoms with E-state index < -0.39 is 5.60 Å². The van der Waals surface area contributed by atoms with Crippen molar-refractivity contribution < 1.29 is 9.90 Å². The molecule has 1 aliphatic rings. The van der Waals surface area contributed by atoms with E-state index in [0.29, 0.717) is 12.0 Å². The van der Waals surface area contributed by atoms with Gasteiger partial charge in [0, 0.05) is 12.1 Å². The van der Waals surface area contributed by atoms with Gasteiger partial charge in [0.05, 0.1) is 18.1 Å². The van der Waals surface area contributed by atoms with E-state index in [1.165, 1.54) is 6.42 Å². The summed E-state index contributed by atoms with van der Waals surface area (Å²) in [6.45, 7) is 2.08. The zero-order chi connectivity index (χ0) is 16.0. The fraction of sp³-hybridized carbons (Fsp3) is 0.556. The minimum Gasteiger partial charge on any atom is -0.388 e. The third kappa shape index (κ3) is 4.32. The van der Waals surface area contributed by atoms with Crippen molar-refractivity contribution in [3.8, 4) is 6.07 Å². The zero-order valence-electron chi connectivity index (χ0n) is 13.1. The lowest BCUT2D eigenvalue weighted by molar-refractivity contribution is -0.0143. The Morgan fingerprint density at radius 3 is 2.82 bits per heavy atom. The highest BCUT2D eigenvalue weighted by Crippen LogP contribution is 2.32. The number of benzene rings is 1. The van der Waals surface area contributed by atoms with Crippen LogP contribution in [0, 0.1) is 17.2 Å². The largest absolute Gasteiger partial charge is 0.388 e. The Kier molecular flexibility index (Phi) is 5.57. The molecule has 1 unspecified atom stereocenters. The van der Waals surface area contributed by atoms with Gasteiger partial charge in [-0.05, 0) is 43.4 Å². The third-order valence-electron chi connectivity index (χ3n) is 4.56. The summed E-state index contributed by atoms with van der Waals surface area (Å²) in [5, 5.41) is 22.2. The molecule has 0 spiro atoms. The molecule has 118 valence electrons. The molecule has 0 saturated heterocycles. The van der Waals surface area contributed by atoms with E-state index in [-0.39, 0.29) is 18.4 Å². The number of nitriles is 1. The van der Waals surface area contributed by atoms with Gasteiger partial charge in [-0.2, -0.15) is 5.26 Å².